The van der Waals surface area contributed by atoms with Gasteiger partial charge in [0.15, 0.2) is 43.7 Å². The molecule has 8 fully saturated rings. The molecule has 14 rings (SSSR count). The molecule has 6 aromatic rings. The third-order valence-electron chi connectivity index (χ3n) is 26.7. The first-order chi connectivity index (χ1) is 58.9. The van der Waals surface area contributed by atoms with Crippen LogP contribution in [0.25, 0.3) is 20.9 Å². The SMILES string of the molecule is CC(=O)OCC1O[C@@H](O[C@@H]2C(CO[Si](c3ccccc3)(c3ccccc3)C(C)(C)C)O[C@@H](OC3C4CCC(O4)[C@@H](C)[C@H]3C)C(N=[N+]=[N-])[C@H]2C)C(OC(=O)c2ccccc2)[C@@H](C)[C@@H]1O.C[C@@H]1C(OC(=O)c2ccccc2)[C@H](O[C@@H]2C(CO[Si](c3ccccc3)(c3ccccc3)C(C)(C)C)O[C@@H](OC3C4COC(O4)[C@@H](C)[C@H]3C)C(N=[N+]=[N-])[C@H]2C)OC(CO)[C@H]1O. The highest BCUT2D eigenvalue weighted by molar-refractivity contribution is 7.00. The fourth-order valence-electron chi connectivity index (χ4n) is 19.4. The zero-order valence-corrected chi connectivity index (χ0v) is 74.9. The van der Waals surface area contributed by atoms with Gasteiger partial charge in [-0.15, -0.1) is 0 Å². The van der Waals surface area contributed by atoms with Gasteiger partial charge >= 0.3 is 17.9 Å². The Hall–Kier alpha value is -7.86. The lowest BCUT2D eigenvalue weighted by Gasteiger charge is -2.50. The van der Waals surface area contributed by atoms with Crippen LogP contribution in [0.5, 0.6) is 0 Å². The average Bonchev–Trinajstić information content (AvgIpc) is 1.58. The molecule has 8 aliphatic heterocycles. The number of aliphatic hydroxyl groups excluding tert-OH is 3. The Labute approximate surface area is 722 Å². The Morgan fingerprint density at radius 1 is 0.415 bits per heavy atom. The lowest BCUT2D eigenvalue weighted by atomic mass is 9.84. The van der Waals surface area contributed by atoms with Crippen molar-refractivity contribution in [2.24, 2.45) is 57.6 Å². The summed E-state index contributed by atoms with van der Waals surface area (Å²) in [5.41, 5.74) is 20.6. The Bertz CT molecular complexity index is 4440. The summed E-state index contributed by atoms with van der Waals surface area (Å²) >= 11 is 0. The van der Waals surface area contributed by atoms with Crippen LogP contribution in [0.4, 0.5) is 0 Å². The largest absolute Gasteiger partial charge is 0.463 e. The molecule has 0 radical (unpaired) electrons. The van der Waals surface area contributed by atoms with E-state index in [9.17, 15) is 40.8 Å². The lowest BCUT2D eigenvalue weighted by Crippen LogP contribution is -2.68. The van der Waals surface area contributed by atoms with Crippen LogP contribution in [0, 0.1) is 47.3 Å². The number of nitrogens with zero attached hydrogens (tertiary/aromatic N) is 6. The second-order valence-electron chi connectivity index (χ2n) is 36.4. The van der Waals surface area contributed by atoms with Crippen LogP contribution in [0.2, 0.25) is 10.1 Å². The van der Waals surface area contributed by atoms with Crippen molar-refractivity contribution < 1.29 is 105 Å². The van der Waals surface area contributed by atoms with E-state index in [0.717, 1.165) is 33.6 Å². The number of aliphatic hydroxyl groups is 3. The van der Waals surface area contributed by atoms with Crippen LogP contribution in [0.3, 0.4) is 0 Å². The molecule has 0 spiro atoms. The van der Waals surface area contributed by atoms with Crippen LogP contribution in [-0.4, -0.2) is 218 Å². The minimum absolute atomic E-state index is 0.0235. The van der Waals surface area contributed by atoms with E-state index in [1.807, 2.05) is 86.6 Å². The summed E-state index contributed by atoms with van der Waals surface area (Å²) in [7, 11) is -6.29. The number of carbonyl (C=O) groups is 3. The van der Waals surface area contributed by atoms with E-state index < -0.39 is 169 Å². The molecular weight excluding hydrogens is 1610 g/mol. The molecule has 14 unspecified atom stereocenters. The van der Waals surface area contributed by atoms with E-state index in [-0.39, 0.29) is 84.3 Å². The van der Waals surface area contributed by atoms with Crippen LogP contribution in [0.15, 0.2) is 192 Å². The monoisotopic (exact) mass is 1730 g/mol. The Balaban J connectivity index is 0.000000212. The van der Waals surface area contributed by atoms with Gasteiger partial charge in [0.25, 0.3) is 16.6 Å². The molecule has 123 heavy (non-hydrogen) atoms. The molecular formula is C93H122N6O22Si2. The van der Waals surface area contributed by atoms with Crippen molar-refractivity contribution in [1.29, 1.82) is 0 Å². The lowest BCUT2D eigenvalue weighted by molar-refractivity contribution is -0.342. The highest BCUT2D eigenvalue weighted by Gasteiger charge is 2.60. The average molecular weight is 1730 g/mol. The van der Waals surface area contributed by atoms with Crippen molar-refractivity contribution in [1.82, 2.24) is 0 Å². The van der Waals surface area contributed by atoms with Crippen LogP contribution >= 0.6 is 0 Å². The van der Waals surface area contributed by atoms with E-state index in [1.54, 1.807) is 74.5 Å². The molecule has 8 aliphatic rings. The number of fused-ring (bicyclic) bond motifs is 4. The summed E-state index contributed by atoms with van der Waals surface area (Å²) in [6.07, 6.45) is -14.4. The molecule has 8 heterocycles. The molecule has 30 heteroatoms. The molecule has 3 N–H and O–H groups in total. The summed E-state index contributed by atoms with van der Waals surface area (Å²) in [5.74, 6) is -3.98. The predicted molar refractivity (Wildman–Crippen MR) is 460 cm³/mol. The van der Waals surface area contributed by atoms with Crippen molar-refractivity contribution in [2.75, 3.05) is 33.0 Å². The van der Waals surface area contributed by atoms with Gasteiger partial charge in [0.2, 0.25) is 0 Å². The first-order valence-electron chi connectivity index (χ1n) is 43.3. The number of hydrogen-bond acceptors (Lipinski definition) is 24. The zero-order chi connectivity index (χ0) is 87.8. The molecule has 30 atom stereocenters. The molecule has 28 nitrogen and oxygen atoms in total. The minimum Gasteiger partial charge on any atom is -0.463 e. The summed E-state index contributed by atoms with van der Waals surface area (Å²) < 4.78 is 105. The van der Waals surface area contributed by atoms with E-state index in [2.05, 4.69) is 138 Å². The highest BCUT2D eigenvalue weighted by Crippen LogP contribution is 2.48. The number of ether oxygens (including phenoxy) is 14. The van der Waals surface area contributed by atoms with Crippen LogP contribution < -0.4 is 20.7 Å². The topological polar surface area (TPSA) is 357 Å². The van der Waals surface area contributed by atoms with Gasteiger partial charge in [0.1, 0.15) is 37.1 Å². The third-order valence-corrected chi connectivity index (χ3v) is 36.8. The molecule has 4 bridgehead atoms. The van der Waals surface area contributed by atoms with Gasteiger partial charge in [-0.25, -0.2) is 9.59 Å². The smallest absolute Gasteiger partial charge is 0.338 e. The highest BCUT2D eigenvalue weighted by atomic mass is 28.4. The van der Waals surface area contributed by atoms with Gasteiger partial charge < -0.3 is 90.5 Å². The van der Waals surface area contributed by atoms with E-state index >= 15 is 0 Å². The Kier molecular flexibility index (Phi) is 30.5. The van der Waals surface area contributed by atoms with Gasteiger partial charge in [-0.2, -0.15) is 0 Å². The van der Waals surface area contributed by atoms with Gasteiger partial charge in [-0.1, -0.05) is 265 Å². The van der Waals surface area contributed by atoms with Crippen LogP contribution in [-0.2, 0) is 80.0 Å². The summed E-state index contributed by atoms with van der Waals surface area (Å²) in [6.45, 7) is 29.8. The summed E-state index contributed by atoms with van der Waals surface area (Å²) in [4.78, 5) is 45.7. The maximum Gasteiger partial charge on any atom is 0.338 e. The summed E-state index contributed by atoms with van der Waals surface area (Å²) in [5, 5.41) is 45.1. The summed E-state index contributed by atoms with van der Waals surface area (Å²) in [6, 6.07) is 56.3. The Morgan fingerprint density at radius 2 is 0.772 bits per heavy atom. The molecule has 664 valence electrons. The zero-order valence-electron chi connectivity index (χ0n) is 72.9. The van der Waals surface area contributed by atoms with Crippen molar-refractivity contribution in [2.45, 2.75) is 262 Å². The minimum atomic E-state index is -3.15. The van der Waals surface area contributed by atoms with Crippen molar-refractivity contribution in [3.63, 3.8) is 0 Å². The van der Waals surface area contributed by atoms with Crippen molar-refractivity contribution >= 4 is 55.3 Å². The number of benzene rings is 6. The second-order valence-corrected chi connectivity index (χ2v) is 45.0. The van der Waals surface area contributed by atoms with Crippen molar-refractivity contribution in [3.8, 4) is 0 Å². The molecule has 0 saturated carbocycles. The number of esters is 3. The molecule has 0 aliphatic carbocycles. The number of rotatable bonds is 27. The Morgan fingerprint density at radius 3 is 1.16 bits per heavy atom. The number of azide groups is 2. The first kappa shape index (κ1) is 92.8. The van der Waals surface area contributed by atoms with Gasteiger partial charge in [0.05, 0.1) is 98.5 Å². The van der Waals surface area contributed by atoms with E-state index in [0.29, 0.717) is 17.7 Å². The van der Waals surface area contributed by atoms with E-state index in [1.165, 1.54) is 6.92 Å². The number of hydrogen-bond donors (Lipinski definition) is 3. The molecule has 0 amide bonds. The predicted octanol–water partition coefficient (Wildman–Crippen LogP) is 12.1. The fourth-order valence-corrected chi connectivity index (χ4v) is 28.6. The normalized spacial score (nSPS) is 35.0. The quantitative estimate of drug-likeness (QED) is 0.0108. The second kappa shape index (κ2) is 40.4. The maximum atomic E-state index is 13.7. The van der Waals surface area contributed by atoms with Gasteiger partial charge in [-0.3, -0.25) is 4.79 Å². The fraction of sp³-hybridized carbons (Fsp3) is 0.581. The van der Waals surface area contributed by atoms with Crippen LogP contribution in [0.1, 0.15) is 137 Å². The standard InChI is InChI=1S/C48H63N3O11Si.C45H59N3O11Si/c1-28-29(2)42(37-25-24-36(28)57-37)61-46-40(50-51-49)30(3)43(39(59-46)27-56-63(48(6,7)8,34-20-14-10-15-21-34)35-22-16-11-17-23-35)62-47-44(60-45(54)33-18-12-9-13-19-33)31(4)41(53)38(58-47)26-55-32(5)52;1-26-27(2)42-52-24-34(55-42)38(26)58-43-36(47-48-46)28(3)39(59-44-40(29(4)37(50)33(23-49)54-44)57-41(51)30-17-11-8-12-18-30)35(56-43)25-53-60(45(5,6)7,31-19-13-9-14-20-31)32-21-15-10-16-22-32/h9-23,28-31,36-44,46-47,53H,24-27H2,1-8H3;8-22,26-29,33-40,42-44,49-50H,23-25H2,1-7H3/t28-,29+,30+,31-,36?,37?,38?,39?,40?,41-,42?,43-,44?,46-,47-;26-,27+,28-,29+,33?,34?,35?,36?,37+,38?,39+,40?,42?,43+,44+/m01/s1. The third kappa shape index (κ3) is 19.8. The molecule has 0 aromatic heterocycles. The first-order valence-corrected chi connectivity index (χ1v) is 47.1. The van der Waals surface area contributed by atoms with E-state index in [4.69, 9.17) is 75.2 Å². The van der Waals surface area contributed by atoms with Gasteiger partial charge in [0, 0.05) is 34.5 Å². The number of carbonyl (C=O) groups excluding carboxylic acids is 3. The molecule has 6 aromatic carbocycles. The maximum absolute atomic E-state index is 13.7. The molecule has 8 saturated heterocycles. The van der Waals surface area contributed by atoms with Gasteiger partial charge in [-0.05, 0) is 109 Å². The van der Waals surface area contributed by atoms with Crippen molar-refractivity contribution in [3.05, 3.63) is 214 Å².